The molecule has 0 radical (unpaired) electrons. The van der Waals surface area contributed by atoms with Gasteiger partial charge in [0.1, 0.15) is 5.82 Å². The minimum atomic E-state index is 0.768. The minimum absolute atomic E-state index is 0.768. The van der Waals surface area contributed by atoms with E-state index in [0.29, 0.717) is 0 Å². The van der Waals surface area contributed by atoms with Gasteiger partial charge in [-0.25, -0.2) is 4.98 Å². The monoisotopic (exact) mass is 202 g/mol. The summed E-state index contributed by atoms with van der Waals surface area (Å²) in [7, 11) is 0. The van der Waals surface area contributed by atoms with Gasteiger partial charge in [0.2, 0.25) is 0 Å². The van der Waals surface area contributed by atoms with Crippen molar-refractivity contribution in [1.29, 1.82) is 0 Å². The summed E-state index contributed by atoms with van der Waals surface area (Å²) in [4.78, 5) is 7.67. The third kappa shape index (κ3) is 2.38. The first-order valence-corrected chi connectivity index (χ1v) is 5.60. The van der Waals surface area contributed by atoms with Crippen molar-refractivity contribution in [3.8, 4) is 0 Å². The van der Waals surface area contributed by atoms with Crippen molar-refractivity contribution in [3.05, 3.63) is 29.6 Å². The summed E-state index contributed by atoms with van der Waals surface area (Å²) in [5.74, 6) is 1.76. The first kappa shape index (κ1) is 10.2. The van der Waals surface area contributed by atoms with Gasteiger partial charge in [0.15, 0.2) is 0 Å². The first-order chi connectivity index (χ1) is 7.15. The predicted octanol–water partition coefficient (Wildman–Crippen LogP) is 3.46. The van der Waals surface area contributed by atoms with Gasteiger partial charge in [-0.1, -0.05) is 19.9 Å². The van der Waals surface area contributed by atoms with E-state index in [0.717, 1.165) is 29.2 Å². The van der Waals surface area contributed by atoms with E-state index in [9.17, 15) is 0 Å². The lowest BCUT2D eigenvalue weighted by atomic mass is 10.0. The average molecular weight is 202 g/mol. The predicted molar refractivity (Wildman–Crippen MR) is 64.0 cm³/mol. The Morgan fingerprint density at radius 1 is 1.33 bits per heavy atom. The molecule has 0 aliphatic rings. The van der Waals surface area contributed by atoms with E-state index in [-0.39, 0.29) is 0 Å². The van der Waals surface area contributed by atoms with E-state index in [1.807, 2.05) is 6.92 Å². The van der Waals surface area contributed by atoms with Crippen LogP contribution in [0.5, 0.6) is 0 Å². The Morgan fingerprint density at radius 3 is 2.87 bits per heavy atom. The van der Waals surface area contributed by atoms with Crippen LogP contribution >= 0.6 is 0 Å². The fourth-order valence-corrected chi connectivity index (χ4v) is 1.80. The van der Waals surface area contributed by atoms with Crippen molar-refractivity contribution >= 4 is 11.0 Å². The molecule has 1 heterocycles. The van der Waals surface area contributed by atoms with Crippen LogP contribution in [0, 0.1) is 12.8 Å². The van der Waals surface area contributed by atoms with Crippen LogP contribution in [0.3, 0.4) is 0 Å². The standard InChI is InChI=1S/C13H18N2/c1-9(2)4-5-11-6-7-12-13(8-11)15-10(3)14-12/h6-9H,4-5H2,1-3H3,(H,14,15). The smallest absolute Gasteiger partial charge is 0.104 e. The van der Waals surface area contributed by atoms with Crippen LogP contribution < -0.4 is 0 Å². The van der Waals surface area contributed by atoms with Gasteiger partial charge in [0, 0.05) is 0 Å². The van der Waals surface area contributed by atoms with Crippen molar-refractivity contribution < 1.29 is 0 Å². The number of aromatic amines is 1. The maximum Gasteiger partial charge on any atom is 0.104 e. The molecule has 1 aromatic carbocycles. The molecule has 15 heavy (non-hydrogen) atoms. The van der Waals surface area contributed by atoms with Gasteiger partial charge in [-0.05, 0) is 43.4 Å². The number of aromatic nitrogens is 2. The van der Waals surface area contributed by atoms with Gasteiger partial charge in [0.05, 0.1) is 11.0 Å². The second-order valence-electron chi connectivity index (χ2n) is 4.61. The quantitative estimate of drug-likeness (QED) is 0.811. The molecule has 0 unspecified atom stereocenters. The number of fused-ring (bicyclic) bond motifs is 1. The van der Waals surface area contributed by atoms with E-state index in [4.69, 9.17) is 0 Å². The number of benzene rings is 1. The largest absolute Gasteiger partial charge is 0.342 e. The van der Waals surface area contributed by atoms with Gasteiger partial charge >= 0.3 is 0 Å². The van der Waals surface area contributed by atoms with Crippen LogP contribution in [0.15, 0.2) is 18.2 Å². The highest BCUT2D eigenvalue weighted by Gasteiger charge is 2.01. The molecule has 0 amide bonds. The second kappa shape index (κ2) is 4.05. The highest BCUT2D eigenvalue weighted by Crippen LogP contribution is 2.16. The zero-order chi connectivity index (χ0) is 10.8. The highest BCUT2D eigenvalue weighted by molar-refractivity contribution is 5.75. The number of hydrogen-bond donors (Lipinski definition) is 1. The summed E-state index contributed by atoms with van der Waals surface area (Å²) in [5.41, 5.74) is 3.63. The molecular weight excluding hydrogens is 184 g/mol. The maximum absolute atomic E-state index is 4.39. The van der Waals surface area contributed by atoms with Gasteiger partial charge in [-0.2, -0.15) is 0 Å². The Morgan fingerprint density at radius 2 is 2.13 bits per heavy atom. The summed E-state index contributed by atoms with van der Waals surface area (Å²) in [6, 6.07) is 6.51. The van der Waals surface area contributed by atoms with E-state index >= 15 is 0 Å². The molecule has 0 atom stereocenters. The SMILES string of the molecule is Cc1nc2ccc(CCC(C)C)cc2[nH]1. The molecule has 1 N–H and O–H groups in total. The molecule has 0 fully saturated rings. The van der Waals surface area contributed by atoms with Crippen molar-refractivity contribution in [2.45, 2.75) is 33.6 Å². The fraction of sp³-hybridized carbons (Fsp3) is 0.462. The molecule has 0 bridgehead atoms. The molecule has 0 aliphatic heterocycles. The van der Waals surface area contributed by atoms with Gasteiger partial charge in [0.25, 0.3) is 0 Å². The normalized spacial score (nSPS) is 11.5. The van der Waals surface area contributed by atoms with Crippen LogP contribution in [0.4, 0.5) is 0 Å². The number of imidazole rings is 1. The summed E-state index contributed by atoms with van der Waals surface area (Å²) in [5, 5.41) is 0. The van der Waals surface area contributed by atoms with Crippen molar-refractivity contribution in [1.82, 2.24) is 9.97 Å². The van der Waals surface area contributed by atoms with E-state index in [2.05, 4.69) is 42.0 Å². The topological polar surface area (TPSA) is 28.7 Å². The molecule has 80 valence electrons. The molecule has 2 rings (SSSR count). The Balaban J connectivity index is 2.22. The molecule has 2 aromatic rings. The van der Waals surface area contributed by atoms with Crippen LogP contribution in [0.1, 0.15) is 31.7 Å². The van der Waals surface area contributed by atoms with E-state index < -0.39 is 0 Å². The lowest BCUT2D eigenvalue weighted by Gasteiger charge is -2.04. The average Bonchev–Trinajstić information content (AvgIpc) is 2.53. The van der Waals surface area contributed by atoms with Gasteiger partial charge in [-0.3, -0.25) is 0 Å². The zero-order valence-electron chi connectivity index (χ0n) is 9.67. The Bertz CT molecular complexity index is 455. The van der Waals surface area contributed by atoms with Gasteiger partial charge < -0.3 is 4.98 Å². The van der Waals surface area contributed by atoms with Crippen LogP contribution in [-0.4, -0.2) is 9.97 Å². The van der Waals surface area contributed by atoms with E-state index in [1.165, 1.54) is 12.0 Å². The molecular formula is C13H18N2. The third-order valence-electron chi connectivity index (χ3n) is 2.68. The Kier molecular flexibility index (Phi) is 2.76. The van der Waals surface area contributed by atoms with Gasteiger partial charge in [-0.15, -0.1) is 0 Å². The highest BCUT2D eigenvalue weighted by atomic mass is 14.9. The number of aryl methyl sites for hydroxylation is 2. The second-order valence-corrected chi connectivity index (χ2v) is 4.61. The lowest BCUT2D eigenvalue weighted by Crippen LogP contribution is -1.91. The van der Waals surface area contributed by atoms with Crippen molar-refractivity contribution in [2.75, 3.05) is 0 Å². The molecule has 0 saturated heterocycles. The van der Waals surface area contributed by atoms with Crippen molar-refractivity contribution in [3.63, 3.8) is 0 Å². The summed E-state index contributed by atoms with van der Waals surface area (Å²) in [6.45, 7) is 6.52. The number of nitrogens with zero attached hydrogens (tertiary/aromatic N) is 1. The Hall–Kier alpha value is -1.31. The summed E-state index contributed by atoms with van der Waals surface area (Å²) in [6.07, 6.45) is 2.41. The summed E-state index contributed by atoms with van der Waals surface area (Å²) >= 11 is 0. The fourth-order valence-electron chi connectivity index (χ4n) is 1.80. The van der Waals surface area contributed by atoms with Crippen LogP contribution in [0.2, 0.25) is 0 Å². The number of rotatable bonds is 3. The molecule has 2 nitrogen and oxygen atoms in total. The molecule has 0 aliphatic carbocycles. The number of hydrogen-bond acceptors (Lipinski definition) is 1. The molecule has 0 saturated carbocycles. The Labute approximate surface area is 90.7 Å². The zero-order valence-corrected chi connectivity index (χ0v) is 9.67. The molecule has 0 spiro atoms. The first-order valence-electron chi connectivity index (χ1n) is 5.60. The summed E-state index contributed by atoms with van der Waals surface area (Å²) < 4.78 is 0. The minimum Gasteiger partial charge on any atom is -0.342 e. The van der Waals surface area contributed by atoms with Crippen molar-refractivity contribution in [2.24, 2.45) is 5.92 Å². The van der Waals surface area contributed by atoms with Crippen LogP contribution in [0.25, 0.3) is 11.0 Å². The number of H-pyrrole nitrogens is 1. The maximum atomic E-state index is 4.39. The molecule has 2 heteroatoms. The third-order valence-corrected chi connectivity index (χ3v) is 2.68. The van der Waals surface area contributed by atoms with Crippen LogP contribution in [-0.2, 0) is 6.42 Å². The molecule has 1 aromatic heterocycles. The number of nitrogens with one attached hydrogen (secondary N) is 1. The van der Waals surface area contributed by atoms with E-state index in [1.54, 1.807) is 0 Å². The lowest BCUT2D eigenvalue weighted by molar-refractivity contribution is 0.587.